The Morgan fingerprint density at radius 3 is 2.31 bits per heavy atom. The molecule has 1 atom stereocenters. The molecule has 180 valence electrons. The summed E-state index contributed by atoms with van der Waals surface area (Å²) in [5.41, 5.74) is 3.75. The highest BCUT2D eigenvalue weighted by Gasteiger charge is 2.23. The van der Waals surface area contributed by atoms with Crippen molar-refractivity contribution in [1.82, 2.24) is 15.0 Å². The van der Waals surface area contributed by atoms with Gasteiger partial charge in [0.25, 0.3) is 0 Å². The van der Waals surface area contributed by atoms with Crippen molar-refractivity contribution in [2.24, 2.45) is 0 Å². The van der Waals surface area contributed by atoms with Gasteiger partial charge in [-0.05, 0) is 54.4 Å². The van der Waals surface area contributed by atoms with Gasteiger partial charge in [-0.1, -0.05) is 47.6 Å². The monoisotopic (exact) mass is 472 g/mol. The van der Waals surface area contributed by atoms with Gasteiger partial charge in [0, 0.05) is 38.3 Å². The minimum absolute atomic E-state index is 0.0491. The van der Waals surface area contributed by atoms with Crippen molar-refractivity contribution in [2.75, 3.05) is 25.5 Å². The quantitative estimate of drug-likeness (QED) is 0.330. The molecule has 0 fully saturated rings. The molecule has 0 aliphatic rings. The summed E-state index contributed by atoms with van der Waals surface area (Å²) in [6, 6.07) is 23.7. The summed E-state index contributed by atoms with van der Waals surface area (Å²) in [7, 11) is 3.97. The van der Waals surface area contributed by atoms with E-state index in [4.69, 9.17) is 4.52 Å². The molecule has 0 saturated heterocycles. The van der Waals surface area contributed by atoms with Gasteiger partial charge in [-0.25, -0.2) is 4.39 Å². The largest absolute Gasteiger partial charge is 0.378 e. The standard InChI is InChI=1S/C28H29FN4O2/c1-20(22-7-5-4-6-8-22)33(27(34)19-21-9-13-24(29)14-10-21)18-17-26-30-28(31-35-26)23-11-15-25(16-12-23)32(2)3/h4-16,20H,17-19H2,1-3H3. The fourth-order valence-corrected chi connectivity index (χ4v) is 3.92. The number of anilines is 1. The van der Waals surface area contributed by atoms with E-state index < -0.39 is 0 Å². The predicted octanol–water partition coefficient (Wildman–Crippen LogP) is 5.32. The van der Waals surface area contributed by atoms with Crippen molar-refractivity contribution >= 4 is 11.6 Å². The highest BCUT2D eigenvalue weighted by atomic mass is 19.1. The van der Waals surface area contributed by atoms with Crippen LogP contribution in [0, 0.1) is 5.82 Å². The summed E-state index contributed by atoms with van der Waals surface area (Å²) in [6.07, 6.45) is 0.611. The first-order valence-corrected chi connectivity index (χ1v) is 11.6. The molecule has 7 heteroatoms. The maximum Gasteiger partial charge on any atom is 0.228 e. The third-order valence-electron chi connectivity index (χ3n) is 6.02. The summed E-state index contributed by atoms with van der Waals surface area (Å²) in [5.74, 6) is 0.619. The number of nitrogens with zero attached hydrogens (tertiary/aromatic N) is 4. The summed E-state index contributed by atoms with van der Waals surface area (Å²) in [6.45, 7) is 2.42. The van der Waals surface area contributed by atoms with Gasteiger partial charge in [0.15, 0.2) is 0 Å². The molecule has 0 aliphatic heterocycles. The molecule has 1 amide bonds. The lowest BCUT2D eigenvalue weighted by atomic mass is 10.0. The smallest absolute Gasteiger partial charge is 0.228 e. The zero-order valence-electron chi connectivity index (χ0n) is 20.2. The molecule has 0 saturated carbocycles. The van der Waals surface area contributed by atoms with Crippen molar-refractivity contribution in [1.29, 1.82) is 0 Å². The average molecular weight is 473 g/mol. The van der Waals surface area contributed by atoms with Crippen molar-refractivity contribution in [3.05, 3.63) is 102 Å². The molecule has 1 unspecified atom stereocenters. The van der Waals surface area contributed by atoms with Gasteiger partial charge in [-0.3, -0.25) is 4.79 Å². The van der Waals surface area contributed by atoms with E-state index in [1.165, 1.54) is 12.1 Å². The van der Waals surface area contributed by atoms with Crippen LogP contribution >= 0.6 is 0 Å². The van der Waals surface area contributed by atoms with Crippen molar-refractivity contribution in [3.63, 3.8) is 0 Å². The summed E-state index contributed by atoms with van der Waals surface area (Å²) in [4.78, 5) is 21.7. The van der Waals surface area contributed by atoms with Gasteiger partial charge in [-0.15, -0.1) is 0 Å². The van der Waals surface area contributed by atoms with E-state index >= 15 is 0 Å². The lowest BCUT2D eigenvalue weighted by molar-refractivity contribution is -0.132. The van der Waals surface area contributed by atoms with Crippen LogP contribution in [0.25, 0.3) is 11.4 Å². The van der Waals surface area contributed by atoms with E-state index in [0.29, 0.717) is 24.7 Å². The molecule has 4 rings (SSSR count). The Morgan fingerprint density at radius 2 is 1.66 bits per heavy atom. The number of aromatic nitrogens is 2. The lowest BCUT2D eigenvalue weighted by Gasteiger charge is -2.29. The van der Waals surface area contributed by atoms with Crippen LogP contribution in [0.2, 0.25) is 0 Å². The SMILES string of the molecule is CC(c1ccccc1)N(CCc1nc(-c2ccc(N(C)C)cc2)no1)C(=O)Cc1ccc(F)cc1. The maximum atomic E-state index is 13.3. The molecule has 0 spiro atoms. The zero-order valence-corrected chi connectivity index (χ0v) is 20.2. The number of rotatable bonds is 9. The first-order chi connectivity index (χ1) is 16.9. The Morgan fingerprint density at radius 1 is 0.971 bits per heavy atom. The lowest BCUT2D eigenvalue weighted by Crippen LogP contribution is -2.36. The van der Waals surface area contributed by atoms with Crippen LogP contribution in [0.1, 0.15) is 30.0 Å². The van der Waals surface area contributed by atoms with Crippen LogP contribution in [0.3, 0.4) is 0 Å². The highest BCUT2D eigenvalue weighted by molar-refractivity contribution is 5.79. The van der Waals surface area contributed by atoms with Gasteiger partial charge >= 0.3 is 0 Å². The molecule has 0 aliphatic carbocycles. The van der Waals surface area contributed by atoms with Gasteiger partial charge in [-0.2, -0.15) is 4.98 Å². The Kier molecular flexibility index (Phi) is 7.55. The maximum absolute atomic E-state index is 13.3. The number of halogens is 1. The molecule has 1 heterocycles. The molecule has 6 nitrogen and oxygen atoms in total. The van der Waals surface area contributed by atoms with E-state index in [2.05, 4.69) is 10.1 Å². The van der Waals surface area contributed by atoms with Gasteiger partial charge in [0.1, 0.15) is 5.82 Å². The number of benzene rings is 3. The minimum Gasteiger partial charge on any atom is -0.378 e. The number of hydrogen-bond acceptors (Lipinski definition) is 5. The van der Waals surface area contributed by atoms with Crippen LogP contribution in [0.15, 0.2) is 83.4 Å². The van der Waals surface area contributed by atoms with Crippen LogP contribution < -0.4 is 4.90 Å². The Bertz CT molecular complexity index is 1240. The van der Waals surface area contributed by atoms with Crippen molar-refractivity contribution < 1.29 is 13.7 Å². The first-order valence-electron chi connectivity index (χ1n) is 11.6. The Hall–Kier alpha value is -4.00. The van der Waals surface area contributed by atoms with Crippen LogP contribution in [-0.4, -0.2) is 41.6 Å². The van der Waals surface area contributed by atoms with Crippen LogP contribution in [-0.2, 0) is 17.6 Å². The van der Waals surface area contributed by atoms with Gasteiger partial charge in [0.05, 0.1) is 12.5 Å². The number of amides is 1. The second-order valence-corrected chi connectivity index (χ2v) is 8.68. The second-order valence-electron chi connectivity index (χ2n) is 8.68. The number of hydrogen-bond donors (Lipinski definition) is 0. The molecular weight excluding hydrogens is 443 g/mol. The minimum atomic E-state index is -0.320. The second kappa shape index (κ2) is 11.0. The Balaban J connectivity index is 1.49. The predicted molar refractivity (Wildman–Crippen MR) is 134 cm³/mol. The number of carbonyl (C=O) groups is 1. The van der Waals surface area contributed by atoms with E-state index in [0.717, 1.165) is 22.4 Å². The third-order valence-corrected chi connectivity index (χ3v) is 6.02. The molecule has 1 aromatic heterocycles. The molecule has 35 heavy (non-hydrogen) atoms. The molecule has 4 aromatic rings. The van der Waals surface area contributed by atoms with E-state index in [9.17, 15) is 9.18 Å². The normalized spacial score (nSPS) is 11.8. The number of carbonyl (C=O) groups excluding carboxylic acids is 1. The van der Waals surface area contributed by atoms with Crippen molar-refractivity contribution in [3.8, 4) is 11.4 Å². The van der Waals surface area contributed by atoms with E-state index in [1.54, 1.807) is 12.1 Å². The average Bonchev–Trinajstić information content (AvgIpc) is 3.35. The van der Waals surface area contributed by atoms with E-state index in [1.807, 2.05) is 85.4 Å². The van der Waals surface area contributed by atoms with Crippen LogP contribution in [0.4, 0.5) is 10.1 Å². The van der Waals surface area contributed by atoms with Crippen LogP contribution in [0.5, 0.6) is 0 Å². The summed E-state index contributed by atoms with van der Waals surface area (Å²) >= 11 is 0. The molecule has 0 N–H and O–H groups in total. The zero-order chi connectivity index (χ0) is 24.8. The summed E-state index contributed by atoms with van der Waals surface area (Å²) < 4.78 is 18.8. The van der Waals surface area contributed by atoms with Crippen molar-refractivity contribution in [2.45, 2.75) is 25.8 Å². The fourth-order valence-electron chi connectivity index (χ4n) is 3.92. The van der Waals surface area contributed by atoms with Gasteiger partial charge in [0.2, 0.25) is 17.6 Å². The molecule has 3 aromatic carbocycles. The summed E-state index contributed by atoms with van der Waals surface area (Å²) in [5, 5.41) is 4.12. The molecular formula is C28H29FN4O2. The Labute approximate surface area is 205 Å². The molecule has 0 radical (unpaired) electrons. The third kappa shape index (κ3) is 6.12. The topological polar surface area (TPSA) is 62.5 Å². The van der Waals surface area contributed by atoms with Gasteiger partial charge < -0.3 is 14.3 Å². The highest BCUT2D eigenvalue weighted by Crippen LogP contribution is 2.23. The first kappa shape index (κ1) is 24.1. The van der Waals surface area contributed by atoms with E-state index in [-0.39, 0.29) is 24.2 Å². The fraction of sp³-hybridized carbons (Fsp3) is 0.250. The molecule has 0 bridgehead atoms.